The Morgan fingerprint density at radius 1 is 1.19 bits per heavy atom. The number of benzene rings is 2. The SMILES string of the molecule is CCC1(C)OC(c2ccc3ccccc3c2)=C(C#N)C1=O. The van der Waals surface area contributed by atoms with Gasteiger partial charge in [-0.15, -0.1) is 0 Å². The molecule has 0 aliphatic carbocycles. The zero-order valence-electron chi connectivity index (χ0n) is 12.0. The van der Waals surface area contributed by atoms with Gasteiger partial charge in [0.05, 0.1) is 0 Å². The lowest BCUT2D eigenvalue weighted by Crippen LogP contribution is -2.32. The van der Waals surface area contributed by atoms with E-state index in [-0.39, 0.29) is 11.4 Å². The zero-order valence-corrected chi connectivity index (χ0v) is 12.0. The highest BCUT2D eigenvalue weighted by atomic mass is 16.5. The number of rotatable bonds is 2. The second kappa shape index (κ2) is 4.75. The predicted octanol–water partition coefficient (Wildman–Crippen LogP) is 3.84. The number of nitriles is 1. The Labute approximate surface area is 123 Å². The van der Waals surface area contributed by atoms with Crippen LogP contribution in [0.4, 0.5) is 0 Å². The van der Waals surface area contributed by atoms with Crippen molar-refractivity contribution in [1.29, 1.82) is 5.26 Å². The minimum absolute atomic E-state index is 0.120. The van der Waals surface area contributed by atoms with Crippen molar-refractivity contribution in [3.63, 3.8) is 0 Å². The van der Waals surface area contributed by atoms with Gasteiger partial charge in [-0.3, -0.25) is 4.79 Å². The van der Waals surface area contributed by atoms with E-state index >= 15 is 0 Å². The molecule has 0 spiro atoms. The van der Waals surface area contributed by atoms with Crippen molar-refractivity contribution in [3.05, 3.63) is 53.6 Å². The molecule has 21 heavy (non-hydrogen) atoms. The number of carbonyl (C=O) groups is 1. The van der Waals surface area contributed by atoms with Crippen molar-refractivity contribution in [1.82, 2.24) is 0 Å². The first-order valence-corrected chi connectivity index (χ1v) is 6.96. The van der Waals surface area contributed by atoms with Gasteiger partial charge >= 0.3 is 0 Å². The maximum absolute atomic E-state index is 12.3. The van der Waals surface area contributed by atoms with E-state index in [9.17, 15) is 10.1 Å². The van der Waals surface area contributed by atoms with E-state index in [4.69, 9.17) is 4.74 Å². The molecule has 3 heteroatoms. The van der Waals surface area contributed by atoms with Crippen molar-refractivity contribution >= 4 is 22.3 Å². The molecule has 0 radical (unpaired) electrons. The van der Waals surface area contributed by atoms with E-state index in [1.807, 2.05) is 55.5 Å². The summed E-state index contributed by atoms with van der Waals surface area (Å²) in [6.45, 7) is 3.62. The molecular formula is C18H15NO2. The average Bonchev–Trinajstić information content (AvgIpc) is 2.79. The van der Waals surface area contributed by atoms with Crippen molar-refractivity contribution in [3.8, 4) is 6.07 Å². The lowest BCUT2D eigenvalue weighted by Gasteiger charge is -2.21. The molecule has 3 rings (SSSR count). The number of carbonyl (C=O) groups excluding carboxylic acids is 1. The topological polar surface area (TPSA) is 50.1 Å². The Morgan fingerprint density at radius 3 is 2.57 bits per heavy atom. The fraction of sp³-hybridized carbons (Fsp3) is 0.222. The average molecular weight is 277 g/mol. The molecule has 1 aliphatic heterocycles. The number of nitrogens with zero attached hydrogens (tertiary/aromatic N) is 1. The van der Waals surface area contributed by atoms with Crippen LogP contribution in [-0.4, -0.2) is 11.4 Å². The number of ketones is 1. The molecule has 1 atom stereocenters. The molecule has 0 aromatic heterocycles. The van der Waals surface area contributed by atoms with Gasteiger partial charge in [-0.25, -0.2) is 0 Å². The molecule has 104 valence electrons. The quantitative estimate of drug-likeness (QED) is 0.838. The first-order chi connectivity index (χ1) is 10.1. The highest BCUT2D eigenvalue weighted by Crippen LogP contribution is 2.38. The Bertz CT molecular complexity index is 813. The second-order valence-electron chi connectivity index (χ2n) is 5.39. The smallest absolute Gasteiger partial charge is 0.220 e. The van der Waals surface area contributed by atoms with Gasteiger partial charge in [-0.2, -0.15) is 5.26 Å². The fourth-order valence-corrected chi connectivity index (χ4v) is 2.56. The first-order valence-electron chi connectivity index (χ1n) is 6.96. The van der Waals surface area contributed by atoms with Crippen LogP contribution in [0.5, 0.6) is 0 Å². The predicted molar refractivity (Wildman–Crippen MR) is 81.3 cm³/mol. The Balaban J connectivity index is 2.15. The van der Waals surface area contributed by atoms with Crippen LogP contribution in [0.3, 0.4) is 0 Å². The van der Waals surface area contributed by atoms with Gasteiger partial charge in [-0.1, -0.05) is 43.3 Å². The van der Waals surface area contributed by atoms with Crippen molar-refractivity contribution in [2.45, 2.75) is 25.9 Å². The number of fused-ring (bicyclic) bond motifs is 1. The van der Waals surface area contributed by atoms with Crippen molar-refractivity contribution < 1.29 is 9.53 Å². The summed E-state index contributed by atoms with van der Waals surface area (Å²) in [5.41, 5.74) is -0.0307. The van der Waals surface area contributed by atoms with Crippen LogP contribution >= 0.6 is 0 Å². The third-order valence-electron chi connectivity index (χ3n) is 4.06. The number of hydrogen-bond acceptors (Lipinski definition) is 3. The molecule has 0 N–H and O–H groups in total. The minimum atomic E-state index is -0.925. The van der Waals surface area contributed by atoms with Gasteiger partial charge in [0.1, 0.15) is 17.4 Å². The normalized spacial score (nSPS) is 21.5. The molecule has 3 nitrogen and oxygen atoms in total. The summed E-state index contributed by atoms with van der Waals surface area (Å²) >= 11 is 0. The fourth-order valence-electron chi connectivity index (χ4n) is 2.56. The lowest BCUT2D eigenvalue weighted by atomic mass is 9.94. The summed E-state index contributed by atoms with van der Waals surface area (Å²) in [4.78, 5) is 12.3. The summed E-state index contributed by atoms with van der Waals surface area (Å²) in [5.74, 6) is 0.174. The van der Waals surface area contributed by atoms with Crippen LogP contribution in [0.2, 0.25) is 0 Å². The van der Waals surface area contributed by atoms with E-state index in [0.29, 0.717) is 12.2 Å². The van der Waals surface area contributed by atoms with Crippen LogP contribution < -0.4 is 0 Å². The van der Waals surface area contributed by atoms with Gasteiger partial charge in [0.15, 0.2) is 5.60 Å². The molecule has 1 aliphatic rings. The Morgan fingerprint density at radius 2 is 1.90 bits per heavy atom. The first kappa shape index (κ1) is 13.4. The maximum Gasteiger partial charge on any atom is 0.220 e. The molecule has 0 fully saturated rings. The van der Waals surface area contributed by atoms with E-state index in [1.165, 1.54) is 0 Å². The highest BCUT2D eigenvalue weighted by Gasteiger charge is 2.44. The minimum Gasteiger partial charge on any atom is -0.477 e. The Hall–Kier alpha value is -2.60. The van der Waals surface area contributed by atoms with Crippen LogP contribution in [0.1, 0.15) is 25.8 Å². The molecule has 1 heterocycles. The van der Waals surface area contributed by atoms with E-state index in [2.05, 4.69) is 0 Å². The summed E-state index contributed by atoms with van der Waals surface area (Å²) in [5, 5.41) is 11.5. The van der Waals surface area contributed by atoms with Gasteiger partial charge in [0.25, 0.3) is 0 Å². The van der Waals surface area contributed by atoms with Gasteiger partial charge < -0.3 is 4.74 Å². The third kappa shape index (κ3) is 2.00. The maximum atomic E-state index is 12.3. The molecule has 0 amide bonds. The largest absolute Gasteiger partial charge is 0.477 e. The second-order valence-corrected chi connectivity index (χ2v) is 5.39. The molecule has 1 unspecified atom stereocenters. The van der Waals surface area contributed by atoms with Gasteiger partial charge in [-0.05, 0) is 30.2 Å². The highest BCUT2D eigenvalue weighted by molar-refractivity contribution is 6.13. The van der Waals surface area contributed by atoms with Crippen LogP contribution in [-0.2, 0) is 9.53 Å². The Kier molecular flexibility index (Phi) is 3.03. The van der Waals surface area contributed by atoms with Crippen LogP contribution in [0, 0.1) is 11.3 Å². The molecular weight excluding hydrogens is 262 g/mol. The van der Waals surface area contributed by atoms with Crippen molar-refractivity contribution in [2.75, 3.05) is 0 Å². The van der Waals surface area contributed by atoms with Crippen LogP contribution in [0.25, 0.3) is 16.5 Å². The lowest BCUT2D eigenvalue weighted by molar-refractivity contribution is -0.127. The number of ether oxygens (including phenoxy) is 1. The number of hydrogen-bond donors (Lipinski definition) is 0. The third-order valence-corrected chi connectivity index (χ3v) is 4.06. The van der Waals surface area contributed by atoms with Gasteiger partial charge in [0.2, 0.25) is 5.78 Å². The molecule has 0 saturated carbocycles. The van der Waals surface area contributed by atoms with E-state index in [1.54, 1.807) is 6.92 Å². The van der Waals surface area contributed by atoms with Crippen LogP contribution in [0.15, 0.2) is 48.0 Å². The summed E-state index contributed by atoms with van der Waals surface area (Å²) < 4.78 is 5.86. The van der Waals surface area contributed by atoms with E-state index < -0.39 is 5.60 Å². The standard InChI is InChI=1S/C18H15NO2/c1-3-18(2)17(20)15(11-19)16(21-18)14-9-8-12-6-4-5-7-13(12)10-14/h4-10H,3H2,1-2H3. The number of Topliss-reactive ketones (excluding diaryl/α,β-unsaturated/α-hetero) is 1. The van der Waals surface area contributed by atoms with Crippen molar-refractivity contribution in [2.24, 2.45) is 0 Å². The monoisotopic (exact) mass is 277 g/mol. The van der Waals surface area contributed by atoms with E-state index in [0.717, 1.165) is 16.3 Å². The molecule has 2 aromatic carbocycles. The summed E-state index contributed by atoms with van der Waals surface area (Å²) in [6, 6.07) is 15.8. The molecule has 0 saturated heterocycles. The van der Waals surface area contributed by atoms with Gasteiger partial charge in [0, 0.05) is 5.56 Å². The molecule has 2 aromatic rings. The summed E-state index contributed by atoms with van der Waals surface area (Å²) in [7, 11) is 0. The summed E-state index contributed by atoms with van der Waals surface area (Å²) in [6.07, 6.45) is 0.536. The molecule has 0 bridgehead atoms. The zero-order chi connectivity index (χ0) is 15.0.